The van der Waals surface area contributed by atoms with Crippen LogP contribution in [0.5, 0.6) is 0 Å². The molecular formula is C18H22N2O. The number of rotatable bonds is 5. The minimum absolute atomic E-state index is 0.0787. The highest BCUT2D eigenvalue weighted by molar-refractivity contribution is 6.04. The second-order valence-corrected chi connectivity index (χ2v) is 4.99. The van der Waals surface area contributed by atoms with E-state index in [2.05, 4.69) is 31.0 Å². The highest BCUT2D eigenvalue weighted by Crippen LogP contribution is 2.24. The van der Waals surface area contributed by atoms with E-state index in [1.165, 1.54) is 11.3 Å². The molecular weight excluding hydrogens is 260 g/mol. The summed E-state index contributed by atoms with van der Waals surface area (Å²) in [5, 5.41) is 2.96. The van der Waals surface area contributed by atoms with Crippen molar-refractivity contribution in [1.82, 2.24) is 0 Å². The van der Waals surface area contributed by atoms with Gasteiger partial charge in [0.05, 0.1) is 0 Å². The maximum Gasteiger partial charge on any atom is 0.255 e. The van der Waals surface area contributed by atoms with Gasteiger partial charge in [-0.25, -0.2) is 0 Å². The maximum atomic E-state index is 12.2. The molecule has 0 aliphatic rings. The average molecular weight is 282 g/mol. The lowest BCUT2D eigenvalue weighted by Crippen LogP contribution is -2.23. The molecule has 2 aromatic carbocycles. The van der Waals surface area contributed by atoms with E-state index in [1.54, 1.807) is 0 Å². The summed E-state index contributed by atoms with van der Waals surface area (Å²) in [5.41, 5.74) is 3.89. The first-order valence-electron chi connectivity index (χ1n) is 7.37. The Bertz CT molecular complexity index is 604. The van der Waals surface area contributed by atoms with E-state index in [1.807, 2.05) is 48.5 Å². The molecule has 3 heteroatoms. The monoisotopic (exact) mass is 282 g/mol. The van der Waals surface area contributed by atoms with Gasteiger partial charge >= 0.3 is 0 Å². The predicted octanol–water partition coefficient (Wildman–Crippen LogP) is 4.09. The molecule has 0 aromatic heterocycles. The van der Waals surface area contributed by atoms with Crippen LogP contribution >= 0.6 is 0 Å². The summed E-state index contributed by atoms with van der Waals surface area (Å²) in [6, 6.07) is 15.3. The average Bonchev–Trinajstić information content (AvgIpc) is 2.52. The van der Waals surface area contributed by atoms with Crippen molar-refractivity contribution in [1.29, 1.82) is 0 Å². The molecule has 0 bridgehead atoms. The molecule has 3 nitrogen and oxygen atoms in total. The van der Waals surface area contributed by atoms with Crippen LogP contribution in [-0.2, 0) is 0 Å². The lowest BCUT2D eigenvalue weighted by molar-refractivity contribution is 0.102. The zero-order chi connectivity index (χ0) is 15.2. The summed E-state index contributed by atoms with van der Waals surface area (Å²) in [6.45, 7) is 8.27. The van der Waals surface area contributed by atoms with Crippen molar-refractivity contribution in [3.8, 4) is 0 Å². The predicted molar refractivity (Wildman–Crippen MR) is 89.1 cm³/mol. The number of hydrogen-bond acceptors (Lipinski definition) is 2. The molecule has 0 unspecified atom stereocenters. The summed E-state index contributed by atoms with van der Waals surface area (Å²) < 4.78 is 0. The topological polar surface area (TPSA) is 32.3 Å². The number of aryl methyl sites for hydroxylation is 1. The van der Waals surface area contributed by atoms with Crippen molar-refractivity contribution in [2.24, 2.45) is 0 Å². The second-order valence-electron chi connectivity index (χ2n) is 4.99. The van der Waals surface area contributed by atoms with E-state index in [-0.39, 0.29) is 5.91 Å². The van der Waals surface area contributed by atoms with Crippen LogP contribution in [0, 0.1) is 6.92 Å². The molecule has 2 aromatic rings. The first kappa shape index (κ1) is 15.1. The van der Waals surface area contributed by atoms with Crippen LogP contribution in [0.4, 0.5) is 11.4 Å². The summed E-state index contributed by atoms with van der Waals surface area (Å²) in [7, 11) is 0. The highest BCUT2D eigenvalue weighted by atomic mass is 16.1. The third-order valence-electron chi connectivity index (χ3n) is 3.61. The van der Waals surface area contributed by atoms with Crippen LogP contribution in [0.25, 0.3) is 0 Å². The zero-order valence-electron chi connectivity index (χ0n) is 12.9. The quantitative estimate of drug-likeness (QED) is 0.895. The zero-order valence-corrected chi connectivity index (χ0v) is 12.9. The van der Waals surface area contributed by atoms with Crippen LogP contribution in [0.15, 0.2) is 48.5 Å². The third-order valence-corrected chi connectivity index (χ3v) is 3.61. The molecule has 0 atom stereocenters. The number of amides is 1. The molecule has 0 saturated heterocycles. The van der Waals surface area contributed by atoms with Gasteiger partial charge in [-0.15, -0.1) is 0 Å². The molecule has 0 fully saturated rings. The van der Waals surface area contributed by atoms with Crippen molar-refractivity contribution in [3.05, 3.63) is 59.7 Å². The summed E-state index contributed by atoms with van der Waals surface area (Å²) in [6.07, 6.45) is 0. The Hall–Kier alpha value is -2.29. The van der Waals surface area contributed by atoms with E-state index in [0.717, 1.165) is 18.8 Å². The van der Waals surface area contributed by atoms with Gasteiger partial charge in [-0.1, -0.05) is 24.3 Å². The second kappa shape index (κ2) is 6.93. The molecule has 0 heterocycles. The molecule has 0 saturated carbocycles. The molecule has 0 spiro atoms. The Morgan fingerprint density at radius 1 is 1.05 bits per heavy atom. The number of hydrogen-bond donors (Lipinski definition) is 1. The van der Waals surface area contributed by atoms with Gasteiger partial charge in [0.25, 0.3) is 5.91 Å². The normalized spacial score (nSPS) is 10.2. The standard InChI is InChI=1S/C18H22N2O/c1-4-20(5-2)17-13-16(12-11-14(17)3)19-18(21)15-9-7-6-8-10-15/h6-13H,4-5H2,1-3H3,(H,19,21). The van der Waals surface area contributed by atoms with Gasteiger partial charge in [0.2, 0.25) is 0 Å². The highest BCUT2D eigenvalue weighted by Gasteiger charge is 2.09. The van der Waals surface area contributed by atoms with Gasteiger partial charge in [0.15, 0.2) is 0 Å². The smallest absolute Gasteiger partial charge is 0.255 e. The van der Waals surface area contributed by atoms with Gasteiger partial charge in [-0.2, -0.15) is 0 Å². The molecule has 0 radical (unpaired) electrons. The molecule has 1 N–H and O–H groups in total. The third kappa shape index (κ3) is 3.63. The van der Waals surface area contributed by atoms with Crippen molar-refractivity contribution in [2.75, 3.05) is 23.3 Å². The Morgan fingerprint density at radius 3 is 2.33 bits per heavy atom. The maximum absolute atomic E-state index is 12.2. The number of nitrogens with zero attached hydrogens (tertiary/aromatic N) is 1. The number of benzene rings is 2. The Kier molecular flexibility index (Phi) is 4.99. The molecule has 21 heavy (non-hydrogen) atoms. The Balaban J connectivity index is 2.21. The Morgan fingerprint density at radius 2 is 1.71 bits per heavy atom. The van der Waals surface area contributed by atoms with Crippen molar-refractivity contribution < 1.29 is 4.79 Å². The summed E-state index contributed by atoms with van der Waals surface area (Å²) in [5.74, 6) is -0.0787. The largest absolute Gasteiger partial charge is 0.372 e. The van der Waals surface area contributed by atoms with Crippen molar-refractivity contribution >= 4 is 17.3 Å². The van der Waals surface area contributed by atoms with Crippen LogP contribution in [0.1, 0.15) is 29.8 Å². The molecule has 0 aliphatic carbocycles. The van der Waals surface area contributed by atoms with Gasteiger partial charge in [-0.05, 0) is 50.6 Å². The molecule has 1 amide bonds. The minimum Gasteiger partial charge on any atom is -0.372 e. The summed E-state index contributed by atoms with van der Waals surface area (Å²) >= 11 is 0. The van der Waals surface area contributed by atoms with Gasteiger partial charge < -0.3 is 10.2 Å². The fraction of sp³-hybridized carbons (Fsp3) is 0.278. The Labute approximate surface area is 126 Å². The number of carbonyl (C=O) groups is 1. The summed E-state index contributed by atoms with van der Waals surface area (Å²) in [4.78, 5) is 14.5. The van der Waals surface area contributed by atoms with Crippen LogP contribution in [0.2, 0.25) is 0 Å². The number of carbonyl (C=O) groups excluding carboxylic acids is 1. The lowest BCUT2D eigenvalue weighted by Gasteiger charge is -2.24. The van der Waals surface area contributed by atoms with E-state index in [9.17, 15) is 4.79 Å². The molecule has 0 aliphatic heterocycles. The van der Waals surface area contributed by atoms with Crippen molar-refractivity contribution in [3.63, 3.8) is 0 Å². The van der Waals surface area contributed by atoms with E-state index < -0.39 is 0 Å². The first-order chi connectivity index (χ1) is 10.2. The van der Waals surface area contributed by atoms with Gasteiger partial charge in [0, 0.05) is 30.0 Å². The molecule has 110 valence electrons. The van der Waals surface area contributed by atoms with Crippen LogP contribution in [-0.4, -0.2) is 19.0 Å². The minimum atomic E-state index is -0.0787. The fourth-order valence-electron chi connectivity index (χ4n) is 2.38. The van der Waals surface area contributed by atoms with Gasteiger partial charge in [-0.3, -0.25) is 4.79 Å². The fourth-order valence-corrected chi connectivity index (χ4v) is 2.38. The lowest BCUT2D eigenvalue weighted by atomic mass is 10.1. The number of nitrogens with one attached hydrogen (secondary N) is 1. The van der Waals surface area contributed by atoms with Crippen LogP contribution < -0.4 is 10.2 Å². The molecule has 2 rings (SSSR count). The van der Waals surface area contributed by atoms with E-state index in [0.29, 0.717) is 5.56 Å². The van der Waals surface area contributed by atoms with Crippen molar-refractivity contribution in [2.45, 2.75) is 20.8 Å². The van der Waals surface area contributed by atoms with E-state index >= 15 is 0 Å². The SMILES string of the molecule is CCN(CC)c1cc(NC(=O)c2ccccc2)ccc1C. The van der Waals surface area contributed by atoms with E-state index in [4.69, 9.17) is 0 Å². The number of anilines is 2. The van der Waals surface area contributed by atoms with Gasteiger partial charge in [0.1, 0.15) is 0 Å². The first-order valence-corrected chi connectivity index (χ1v) is 7.37. The van der Waals surface area contributed by atoms with Crippen LogP contribution in [0.3, 0.4) is 0 Å².